The van der Waals surface area contributed by atoms with Crippen LogP contribution in [0.15, 0.2) is 0 Å². The number of urea groups is 1. The summed E-state index contributed by atoms with van der Waals surface area (Å²) in [5.41, 5.74) is 0. The van der Waals surface area contributed by atoms with Crippen LogP contribution in [0.1, 0.15) is 19.8 Å². The molecule has 7 nitrogen and oxygen atoms in total. The maximum absolute atomic E-state index is 11.4. The van der Waals surface area contributed by atoms with Crippen LogP contribution in [0.3, 0.4) is 0 Å². The molecule has 0 aromatic rings. The van der Waals surface area contributed by atoms with Crippen LogP contribution >= 0.6 is 0 Å². The lowest BCUT2D eigenvalue weighted by molar-refractivity contribution is -0.140. The number of ether oxygens (including phenoxy) is 1. The van der Waals surface area contributed by atoms with Gasteiger partial charge >= 0.3 is 12.0 Å². The van der Waals surface area contributed by atoms with Crippen molar-refractivity contribution in [1.82, 2.24) is 15.5 Å². The fourth-order valence-corrected chi connectivity index (χ4v) is 1.29. The molecule has 0 spiro atoms. The summed E-state index contributed by atoms with van der Waals surface area (Å²) in [5.74, 6) is -0.642. The van der Waals surface area contributed by atoms with E-state index in [1.807, 2.05) is 0 Å². The lowest BCUT2D eigenvalue weighted by Gasteiger charge is -2.15. The fraction of sp³-hybridized carbons (Fsp3) is 0.727. The number of carbonyl (C=O) groups is 3. The first-order chi connectivity index (χ1) is 8.49. The van der Waals surface area contributed by atoms with Crippen LogP contribution in [0.5, 0.6) is 0 Å². The molecule has 0 unspecified atom stereocenters. The van der Waals surface area contributed by atoms with E-state index in [4.69, 9.17) is 0 Å². The first kappa shape index (κ1) is 16.4. The number of nitrogens with zero attached hydrogens (tertiary/aromatic N) is 1. The Morgan fingerprint density at radius 2 is 1.94 bits per heavy atom. The molecule has 0 saturated heterocycles. The minimum absolute atomic E-state index is 0.109. The van der Waals surface area contributed by atoms with E-state index in [2.05, 4.69) is 15.4 Å². The van der Waals surface area contributed by atoms with Gasteiger partial charge in [-0.05, 0) is 26.9 Å². The number of imide groups is 1. The predicted molar refractivity (Wildman–Crippen MR) is 66.0 cm³/mol. The highest BCUT2D eigenvalue weighted by atomic mass is 16.5. The number of carbonyl (C=O) groups excluding carboxylic acids is 3. The maximum atomic E-state index is 11.4. The Balaban J connectivity index is 3.73. The van der Waals surface area contributed by atoms with Crippen LogP contribution in [0.4, 0.5) is 4.79 Å². The maximum Gasteiger partial charge on any atom is 0.321 e. The van der Waals surface area contributed by atoms with Gasteiger partial charge in [-0.15, -0.1) is 0 Å². The normalized spacial score (nSPS) is 10.0. The number of amides is 3. The molecular weight excluding hydrogens is 238 g/mol. The van der Waals surface area contributed by atoms with Gasteiger partial charge in [-0.1, -0.05) is 0 Å². The molecule has 0 saturated carbocycles. The van der Waals surface area contributed by atoms with E-state index in [1.165, 1.54) is 7.11 Å². The summed E-state index contributed by atoms with van der Waals surface area (Å²) < 4.78 is 4.50. The fourth-order valence-electron chi connectivity index (χ4n) is 1.29. The lowest BCUT2D eigenvalue weighted by atomic mass is 10.3. The summed E-state index contributed by atoms with van der Waals surface area (Å²) in [6, 6.07) is -0.495. The summed E-state index contributed by atoms with van der Waals surface area (Å²) in [4.78, 5) is 35.0. The average molecular weight is 259 g/mol. The summed E-state index contributed by atoms with van der Waals surface area (Å²) in [6.07, 6.45) is 0.927. The van der Waals surface area contributed by atoms with Crippen molar-refractivity contribution < 1.29 is 19.1 Å². The topological polar surface area (TPSA) is 87.7 Å². The molecule has 0 aliphatic heterocycles. The molecule has 0 atom stereocenters. The predicted octanol–water partition coefficient (Wildman–Crippen LogP) is -0.283. The Labute approximate surface area is 107 Å². The van der Waals surface area contributed by atoms with E-state index < -0.39 is 6.03 Å². The molecule has 0 aromatic carbocycles. The van der Waals surface area contributed by atoms with Crippen molar-refractivity contribution in [1.29, 1.82) is 0 Å². The molecule has 3 amide bonds. The Morgan fingerprint density at radius 1 is 1.28 bits per heavy atom. The Bertz CT molecular complexity index is 294. The van der Waals surface area contributed by atoms with Gasteiger partial charge in [-0.2, -0.15) is 0 Å². The molecule has 7 heteroatoms. The van der Waals surface area contributed by atoms with Gasteiger partial charge in [0.15, 0.2) is 0 Å². The lowest BCUT2D eigenvalue weighted by Crippen LogP contribution is -2.43. The van der Waals surface area contributed by atoms with Crippen LogP contribution in [0.25, 0.3) is 0 Å². The van der Waals surface area contributed by atoms with Gasteiger partial charge in [0.25, 0.3) is 0 Å². The van der Waals surface area contributed by atoms with Crippen molar-refractivity contribution in [3.63, 3.8) is 0 Å². The minimum Gasteiger partial charge on any atom is -0.469 e. The molecule has 0 bridgehead atoms. The van der Waals surface area contributed by atoms with Crippen LogP contribution in [0, 0.1) is 0 Å². The van der Waals surface area contributed by atoms with E-state index in [0.29, 0.717) is 25.9 Å². The van der Waals surface area contributed by atoms with Crippen molar-refractivity contribution >= 4 is 17.9 Å². The second-order valence-corrected chi connectivity index (χ2v) is 3.83. The van der Waals surface area contributed by atoms with Crippen molar-refractivity contribution in [2.24, 2.45) is 0 Å². The summed E-state index contributed by atoms with van der Waals surface area (Å²) >= 11 is 0. The number of nitrogens with one attached hydrogen (secondary N) is 2. The quantitative estimate of drug-likeness (QED) is 0.614. The summed E-state index contributed by atoms with van der Waals surface area (Å²) in [7, 11) is 3.08. The van der Waals surface area contributed by atoms with Crippen molar-refractivity contribution in [2.75, 3.05) is 33.8 Å². The summed E-state index contributed by atoms with van der Waals surface area (Å²) in [5, 5.41) is 4.66. The van der Waals surface area contributed by atoms with Crippen molar-refractivity contribution in [3.05, 3.63) is 0 Å². The third kappa shape index (κ3) is 8.51. The van der Waals surface area contributed by atoms with E-state index in [1.54, 1.807) is 18.9 Å². The number of rotatable bonds is 7. The number of esters is 1. The molecular formula is C11H21N3O4. The van der Waals surface area contributed by atoms with Crippen molar-refractivity contribution in [2.45, 2.75) is 19.8 Å². The second-order valence-electron chi connectivity index (χ2n) is 3.83. The van der Waals surface area contributed by atoms with Gasteiger partial charge in [0.2, 0.25) is 5.91 Å². The van der Waals surface area contributed by atoms with E-state index in [-0.39, 0.29) is 18.4 Å². The Hall–Kier alpha value is -1.63. The Morgan fingerprint density at radius 3 is 2.50 bits per heavy atom. The van der Waals surface area contributed by atoms with Crippen LogP contribution < -0.4 is 10.6 Å². The molecule has 18 heavy (non-hydrogen) atoms. The van der Waals surface area contributed by atoms with Gasteiger partial charge in [0.1, 0.15) is 0 Å². The summed E-state index contributed by atoms with van der Waals surface area (Å²) in [6.45, 7) is 2.92. The molecule has 0 heterocycles. The van der Waals surface area contributed by atoms with E-state index >= 15 is 0 Å². The van der Waals surface area contributed by atoms with E-state index in [0.717, 1.165) is 0 Å². The molecule has 104 valence electrons. The number of hydrogen-bond acceptors (Lipinski definition) is 5. The second kappa shape index (κ2) is 9.41. The van der Waals surface area contributed by atoms with Gasteiger partial charge < -0.3 is 10.1 Å². The zero-order valence-electron chi connectivity index (χ0n) is 11.1. The van der Waals surface area contributed by atoms with Gasteiger partial charge in [-0.25, -0.2) is 4.79 Å². The third-order valence-corrected chi connectivity index (χ3v) is 2.15. The third-order valence-electron chi connectivity index (χ3n) is 2.15. The Kier molecular flexibility index (Phi) is 8.55. The molecule has 2 N–H and O–H groups in total. The molecule has 0 radical (unpaired) electrons. The molecule has 0 fully saturated rings. The van der Waals surface area contributed by atoms with Gasteiger partial charge in [0, 0.05) is 13.0 Å². The first-order valence-corrected chi connectivity index (χ1v) is 5.82. The highest BCUT2D eigenvalue weighted by molar-refractivity contribution is 5.95. The monoisotopic (exact) mass is 259 g/mol. The SMILES string of the molecule is CCNC(=O)NC(=O)CN(C)CCCC(=O)OC. The van der Waals surface area contributed by atoms with Gasteiger partial charge in [0.05, 0.1) is 13.7 Å². The zero-order valence-corrected chi connectivity index (χ0v) is 11.1. The standard InChI is InChI=1S/C11H21N3O4/c1-4-12-11(17)13-9(15)8-14(2)7-5-6-10(16)18-3/h4-8H2,1-3H3,(H2,12,13,15,17). The van der Waals surface area contributed by atoms with Crippen LogP contribution in [-0.4, -0.2) is 56.6 Å². The largest absolute Gasteiger partial charge is 0.469 e. The number of likely N-dealkylation sites (N-methyl/N-ethyl adjacent to an activating group) is 1. The van der Waals surface area contributed by atoms with Gasteiger partial charge in [-0.3, -0.25) is 19.8 Å². The zero-order chi connectivity index (χ0) is 14.0. The smallest absolute Gasteiger partial charge is 0.321 e. The highest BCUT2D eigenvalue weighted by Crippen LogP contribution is 1.94. The molecule has 0 aliphatic rings. The van der Waals surface area contributed by atoms with Crippen LogP contribution in [0.2, 0.25) is 0 Å². The number of methoxy groups -OCH3 is 1. The average Bonchev–Trinajstić information content (AvgIpc) is 2.28. The highest BCUT2D eigenvalue weighted by Gasteiger charge is 2.10. The van der Waals surface area contributed by atoms with Crippen LogP contribution in [-0.2, 0) is 14.3 Å². The first-order valence-electron chi connectivity index (χ1n) is 5.82. The molecule has 0 rings (SSSR count). The molecule has 0 aromatic heterocycles. The van der Waals surface area contributed by atoms with E-state index in [9.17, 15) is 14.4 Å². The number of hydrogen-bond donors (Lipinski definition) is 2. The minimum atomic E-state index is -0.495. The molecule has 0 aliphatic carbocycles. The van der Waals surface area contributed by atoms with Crippen molar-refractivity contribution in [3.8, 4) is 0 Å².